The van der Waals surface area contributed by atoms with Crippen molar-refractivity contribution in [2.45, 2.75) is 13.3 Å². The third kappa shape index (κ3) is 5.37. The molecule has 0 aromatic heterocycles. The van der Waals surface area contributed by atoms with Crippen LogP contribution in [-0.2, 0) is 9.59 Å². The molecule has 0 atom stereocenters. The van der Waals surface area contributed by atoms with Gasteiger partial charge in [-0.3, -0.25) is 9.59 Å². The summed E-state index contributed by atoms with van der Waals surface area (Å²) in [5.41, 5.74) is 4.63. The second-order valence-corrected chi connectivity index (χ2v) is 5.82. The van der Waals surface area contributed by atoms with Gasteiger partial charge in [0.1, 0.15) is 6.42 Å². The predicted molar refractivity (Wildman–Crippen MR) is 96.6 cm³/mol. The summed E-state index contributed by atoms with van der Waals surface area (Å²) in [6.07, 6.45) is 1.12. The summed E-state index contributed by atoms with van der Waals surface area (Å²) in [6.45, 7) is 1.98. The van der Waals surface area contributed by atoms with E-state index in [0.29, 0.717) is 10.7 Å². The summed E-state index contributed by atoms with van der Waals surface area (Å²) in [4.78, 5) is 23.5. The number of rotatable bonds is 5. The quantitative estimate of drug-likeness (QED) is 0.482. The first kappa shape index (κ1) is 18.0. The highest BCUT2D eigenvalue weighted by Gasteiger charge is 2.11. The molecule has 0 spiro atoms. The van der Waals surface area contributed by atoms with E-state index in [1.165, 1.54) is 6.21 Å². The van der Waals surface area contributed by atoms with Gasteiger partial charge in [-0.2, -0.15) is 5.10 Å². The highest BCUT2D eigenvalue weighted by atomic mass is 35.5. The lowest BCUT2D eigenvalue weighted by Gasteiger charge is -2.07. The standard InChI is InChI=1S/C17H15Cl2N3O2/c1-11-5-7-12(8-6-11)10-20-22-16(24)9-15(23)21-14-4-2-3-13(18)17(14)19/h2-8,10H,9H2,1H3,(H,21,23)(H,22,24). The van der Waals surface area contributed by atoms with Crippen LogP contribution in [-0.4, -0.2) is 18.0 Å². The summed E-state index contributed by atoms with van der Waals surface area (Å²) >= 11 is 11.8. The van der Waals surface area contributed by atoms with E-state index in [1.54, 1.807) is 18.2 Å². The van der Waals surface area contributed by atoms with E-state index >= 15 is 0 Å². The fraction of sp³-hybridized carbons (Fsp3) is 0.118. The summed E-state index contributed by atoms with van der Waals surface area (Å²) < 4.78 is 0. The van der Waals surface area contributed by atoms with Gasteiger partial charge in [0.15, 0.2) is 0 Å². The van der Waals surface area contributed by atoms with E-state index in [2.05, 4.69) is 15.8 Å². The Morgan fingerprint density at radius 2 is 1.79 bits per heavy atom. The molecule has 0 saturated carbocycles. The van der Waals surface area contributed by atoms with Crippen molar-refractivity contribution < 1.29 is 9.59 Å². The number of hydrogen-bond donors (Lipinski definition) is 2. The summed E-state index contributed by atoms with van der Waals surface area (Å²) in [6, 6.07) is 12.5. The molecule has 2 N–H and O–H groups in total. The molecule has 2 rings (SSSR count). The number of nitrogens with one attached hydrogen (secondary N) is 2. The van der Waals surface area contributed by atoms with Gasteiger partial charge in [0.05, 0.1) is 21.9 Å². The predicted octanol–water partition coefficient (Wildman–Crippen LogP) is 3.78. The van der Waals surface area contributed by atoms with Crippen LogP contribution in [0.25, 0.3) is 0 Å². The monoisotopic (exact) mass is 363 g/mol. The molecule has 0 unspecified atom stereocenters. The van der Waals surface area contributed by atoms with Crippen molar-refractivity contribution in [2.24, 2.45) is 5.10 Å². The maximum Gasteiger partial charge on any atom is 0.249 e. The molecule has 124 valence electrons. The number of nitrogens with zero attached hydrogens (tertiary/aromatic N) is 1. The van der Waals surface area contributed by atoms with Gasteiger partial charge in [-0.1, -0.05) is 59.1 Å². The van der Waals surface area contributed by atoms with E-state index in [1.807, 2.05) is 31.2 Å². The molecule has 0 heterocycles. The van der Waals surface area contributed by atoms with Gasteiger partial charge >= 0.3 is 0 Å². The van der Waals surface area contributed by atoms with Crippen LogP contribution in [0.1, 0.15) is 17.5 Å². The summed E-state index contributed by atoms with van der Waals surface area (Å²) in [5, 5.41) is 6.89. The minimum Gasteiger partial charge on any atom is -0.324 e. The molecule has 0 bridgehead atoms. The first-order valence-corrected chi connectivity index (χ1v) is 7.84. The van der Waals surface area contributed by atoms with Crippen LogP contribution < -0.4 is 10.7 Å². The highest BCUT2D eigenvalue weighted by molar-refractivity contribution is 6.44. The number of halogens is 2. The van der Waals surface area contributed by atoms with Crippen molar-refractivity contribution in [1.82, 2.24) is 5.43 Å². The third-order valence-corrected chi connectivity index (χ3v) is 3.85. The first-order chi connectivity index (χ1) is 11.5. The number of carbonyl (C=O) groups excluding carboxylic acids is 2. The van der Waals surface area contributed by atoms with Gasteiger partial charge in [-0.05, 0) is 24.6 Å². The molecule has 2 aromatic rings. The van der Waals surface area contributed by atoms with Crippen molar-refractivity contribution in [3.05, 3.63) is 63.6 Å². The molecule has 7 heteroatoms. The minimum atomic E-state index is -0.533. The molecule has 24 heavy (non-hydrogen) atoms. The number of benzene rings is 2. The van der Waals surface area contributed by atoms with Gasteiger partial charge in [0.25, 0.3) is 0 Å². The van der Waals surface area contributed by atoms with Crippen molar-refractivity contribution in [3.8, 4) is 0 Å². The van der Waals surface area contributed by atoms with Crippen LogP contribution in [0.4, 0.5) is 5.69 Å². The number of carbonyl (C=O) groups is 2. The van der Waals surface area contributed by atoms with Gasteiger partial charge in [0, 0.05) is 0 Å². The SMILES string of the molecule is Cc1ccc(C=NNC(=O)CC(=O)Nc2cccc(Cl)c2Cl)cc1. The summed E-state index contributed by atoms with van der Waals surface area (Å²) in [7, 11) is 0. The Balaban J connectivity index is 1.84. The molecule has 2 aromatic carbocycles. The van der Waals surface area contributed by atoms with Gasteiger partial charge in [-0.25, -0.2) is 5.43 Å². The lowest BCUT2D eigenvalue weighted by Crippen LogP contribution is -2.24. The number of aryl methyl sites for hydroxylation is 1. The molecule has 0 aliphatic heterocycles. The Labute approximate surface area is 149 Å². The van der Waals surface area contributed by atoms with E-state index in [0.717, 1.165) is 11.1 Å². The van der Waals surface area contributed by atoms with E-state index < -0.39 is 11.8 Å². The molecule has 0 radical (unpaired) electrons. The second-order valence-electron chi connectivity index (χ2n) is 5.03. The van der Waals surface area contributed by atoms with Gasteiger partial charge < -0.3 is 5.32 Å². The molecular formula is C17H15Cl2N3O2. The average Bonchev–Trinajstić information content (AvgIpc) is 2.53. The molecule has 2 amide bonds. The molecule has 5 nitrogen and oxygen atoms in total. The van der Waals surface area contributed by atoms with Crippen LogP contribution in [0.5, 0.6) is 0 Å². The van der Waals surface area contributed by atoms with Crippen molar-refractivity contribution in [1.29, 1.82) is 0 Å². The maximum absolute atomic E-state index is 11.8. The van der Waals surface area contributed by atoms with Crippen molar-refractivity contribution in [2.75, 3.05) is 5.32 Å². The Hall–Kier alpha value is -2.37. The molecule has 0 fully saturated rings. The van der Waals surface area contributed by atoms with Crippen LogP contribution in [0.15, 0.2) is 47.6 Å². The van der Waals surface area contributed by atoms with Gasteiger partial charge in [-0.15, -0.1) is 0 Å². The third-order valence-electron chi connectivity index (χ3n) is 3.03. The first-order valence-electron chi connectivity index (χ1n) is 7.08. The van der Waals surface area contributed by atoms with Crippen molar-refractivity contribution >= 4 is 46.9 Å². The number of hydrazone groups is 1. The number of amides is 2. The average molecular weight is 364 g/mol. The fourth-order valence-electron chi connectivity index (χ4n) is 1.81. The zero-order valence-electron chi connectivity index (χ0n) is 12.8. The van der Waals surface area contributed by atoms with Crippen LogP contribution >= 0.6 is 23.2 Å². The van der Waals surface area contributed by atoms with E-state index in [4.69, 9.17) is 23.2 Å². The van der Waals surface area contributed by atoms with Crippen molar-refractivity contribution in [3.63, 3.8) is 0 Å². The smallest absolute Gasteiger partial charge is 0.249 e. The van der Waals surface area contributed by atoms with E-state index in [9.17, 15) is 9.59 Å². The maximum atomic E-state index is 11.8. The lowest BCUT2D eigenvalue weighted by atomic mass is 10.2. The minimum absolute atomic E-state index is 0.227. The molecule has 0 saturated heterocycles. The largest absolute Gasteiger partial charge is 0.324 e. The van der Waals surface area contributed by atoms with Gasteiger partial charge in [0.2, 0.25) is 11.8 Å². The second kappa shape index (κ2) is 8.47. The highest BCUT2D eigenvalue weighted by Crippen LogP contribution is 2.29. The summed E-state index contributed by atoms with van der Waals surface area (Å²) in [5.74, 6) is -1.05. The van der Waals surface area contributed by atoms with Crippen LogP contribution in [0, 0.1) is 6.92 Å². The number of anilines is 1. The van der Waals surface area contributed by atoms with Crippen LogP contribution in [0.2, 0.25) is 10.0 Å². The van der Waals surface area contributed by atoms with Crippen LogP contribution in [0.3, 0.4) is 0 Å². The zero-order valence-corrected chi connectivity index (χ0v) is 14.4. The normalized spacial score (nSPS) is 10.6. The Morgan fingerprint density at radius 3 is 2.50 bits per heavy atom. The topological polar surface area (TPSA) is 70.6 Å². The Morgan fingerprint density at radius 1 is 1.08 bits per heavy atom. The Bertz CT molecular complexity index is 774. The number of hydrogen-bond acceptors (Lipinski definition) is 3. The molecular weight excluding hydrogens is 349 g/mol. The Kier molecular flexibility index (Phi) is 6.35. The zero-order chi connectivity index (χ0) is 17.5. The molecule has 0 aliphatic carbocycles. The fourth-order valence-corrected chi connectivity index (χ4v) is 2.16. The van der Waals surface area contributed by atoms with E-state index in [-0.39, 0.29) is 11.4 Å². The molecule has 0 aliphatic rings. The lowest BCUT2D eigenvalue weighted by molar-refractivity contribution is -0.126.